The molecular weight excluding hydrogens is 264 g/mol. The Hall–Kier alpha value is -2.88. The van der Waals surface area contributed by atoms with Gasteiger partial charge in [-0.3, -0.25) is 4.79 Å². The third kappa shape index (κ3) is 2.69. The Balaban J connectivity index is 2.06. The summed E-state index contributed by atoms with van der Waals surface area (Å²) in [7, 11) is 1.63. The summed E-state index contributed by atoms with van der Waals surface area (Å²) in [6.45, 7) is 0. The minimum atomic E-state index is -0.196. The van der Waals surface area contributed by atoms with Gasteiger partial charge in [0.15, 0.2) is 0 Å². The van der Waals surface area contributed by atoms with Gasteiger partial charge in [-0.25, -0.2) is 4.98 Å². The predicted molar refractivity (Wildman–Crippen MR) is 82.3 cm³/mol. The lowest BCUT2D eigenvalue weighted by Crippen LogP contribution is -2.11. The number of rotatable bonds is 3. The van der Waals surface area contributed by atoms with Gasteiger partial charge in [-0.2, -0.15) is 0 Å². The number of hydrogen-bond donors (Lipinski definition) is 1. The number of hydrogen-bond acceptors (Lipinski definition) is 3. The smallest absolute Gasteiger partial charge is 0.274 e. The van der Waals surface area contributed by atoms with Crippen LogP contribution in [0.3, 0.4) is 0 Å². The summed E-state index contributed by atoms with van der Waals surface area (Å²) in [5.74, 6) is 0.784. The Kier molecular flexibility index (Phi) is 3.51. The van der Waals surface area contributed by atoms with Gasteiger partial charge in [0, 0.05) is 17.3 Å². The van der Waals surface area contributed by atoms with Crippen LogP contribution in [0.5, 0.6) is 5.75 Å². The molecule has 0 radical (unpaired) electrons. The van der Waals surface area contributed by atoms with Crippen LogP contribution in [-0.2, 0) is 0 Å². The molecule has 2 aromatic carbocycles. The molecule has 1 aromatic heterocycles. The number of aromatic amines is 1. The molecule has 0 bridgehead atoms. The van der Waals surface area contributed by atoms with Crippen LogP contribution >= 0.6 is 0 Å². The summed E-state index contributed by atoms with van der Waals surface area (Å²) in [6, 6.07) is 17.0. The largest absolute Gasteiger partial charge is 0.497 e. The zero-order chi connectivity index (χ0) is 14.7. The first-order valence-corrected chi connectivity index (χ1v) is 6.57. The predicted octanol–water partition coefficient (Wildman–Crippen LogP) is 3.11. The number of nitrogens with one attached hydrogen (secondary N) is 1. The van der Waals surface area contributed by atoms with E-state index in [-0.39, 0.29) is 5.56 Å². The molecular formula is C17H14N2O2. The van der Waals surface area contributed by atoms with Gasteiger partial charge in [-0.15, -0.1) is 0 Å². The third-order valence-corrected chi connectivity index (χ3v) is 3.22. The van der Waals surface area contributed by atoms with E-state index in [9.17, 15) is 4.79 Å². The van der Waals surface area contributed by atoms with Gasteiger partial charge in [0.2, 0.25) is 0 Å². The second kappa shape index (κ2) is 5.63. The maximum absolute atomic E-state index is 12.0. The first-order chi connectivity index (χ1) is 10.3. The molecule has 3 rings (SSSR count). The number of nitrogens with zero attached hydrogens (tertiary/aromatic N) is 1. The number of aromatic nitrogens is 2. The van der Waals surface area contributed by atoms with E-state index in [0.29, 0.717) is 5.69 Å². The lowest BCUT2D eigenvalue weighted by molar-refractivity contribution is 0.415. The Labute approximate surface area is 122 Å². The monoisotopic (exact) mass is 278 g/mol. The van der Waals surface area contributed by atoms with Crippen molar-refractivity contribution in [2.24, 2.45) is 0 Å². The first kappa shape index (κ1) is 13.1. The fourth-order valence-corrected chi connectivity index (χ4v) is 2.11. The Morgan fingerprint density at radius 3 is 2.33 bits per heavy atom. The Morgan fingerprint density at radius 2 is 1.67 bits per heavy atom. The van der Waals surface area contributed by atoms with E-state index >= 15 is 0 Å². The van der Waals surface area contributed by atoms with Crippen LogP contribution in [0.15, 0.2) is 65.6 Å². The van der Waals surface area contributed by atoms with Crippen molar-refractivity contribution in [3.8, 4) is 28.3 Å². The maximum Gasteiger partial charge on any atom is 0.274 e. The molecule has 0 saturated carbocycles. The quantitative estimate of drug-likeness (QED) is 0.801. The van der Waals surface area contributed by atoms with Crippen molar-refractivity contribution in [2.75, 3.05) is 7.11 Å². The van der Waals surface area contributed by atoms with E-state index in [4.69, 9.17) is 4.74 Å². The molecule has 0 amide bonds. The molecule has 0 fully saturated rings. The number of ether oxygens (including phenoxy) is 1. The van der Waals surface area contributed by atoms with Gasteiger partial charge >= 0.3 is 0 Å². The van der Waals surface area contributed by atoms with Crippen LogP contribution in [0.25, 0.3) is 22.5 Å². The van der Waals surface area contributed by atoms with Crippen molar-refractivity contribution in [1.82, 2.24) is 9.97 Å². The molecule has 1 heterocycles. The van der Waals surface area contributed by atoms with Gasteiger partial charge in [0.1, 0.15) is 11.4 Å². The van der Waals surface area contributed by atoms with E-state index in [1.54, 1.807) is 13.3 Å². The standard InChI is InChI=1S/C17H14N2O2/c1-21-14-9-7-12(8-10-14)15-11-18-17(20)16(19-15)13-5-3-2-4-6-13/h2-11H,1H3,(H,18,20). The van der Waals surface area contributed by atoms with Crippen LogP contribution in [0, 0.1) is 0 Å². The molecule has 21 heavy (non-hydrogen) atoms. The van der Waals surface area contributed by atoms with E-state index in [2.05, 4.69) is 9.97 Å². The SMILES string of the molecule is COc1ccc(-c2c[nH]c(=O)c(-c3ccccc3)n2)cc1. The molecule has 1 N–H and O–H groups in total. The second-order valence-corrected chi connectivity index (χ2v) is 4.56. The van der Waals surface area contributed by atoms with Crippen molar-refractivity contribution < 1.29 is 4.74 Å². The summed E-state index contributed by atoms with van der Waals surface area (Å²) in [4.78, 5) is 19.2. The summed E-state index contributed by atoms with van der Waals surface area (Å²) < 4.78 is 5.14. The van der Waals surface area contributed by atoms with Crippen LogP contribution in [0.4, 0.5) is 0 Å². The molecule has 0 aliphatic carbocycles. The normalized spacial score (nSPS) is 10.3. The highest BCUT2D eigenvalue weighted by Crippen LogP contribution is 2.21. The average Bonchev–Trinajstić information content (AvgIpc) is 2.56. The molecule has 0 atom stereocenters. The number of H-pyrrole nitrogens is 1. The fourth-order valence-electron chi connectivity index (χ4n) is 2.11. The van der Waals surface area contributed by atoms with Gasteiger partial charge in [-0.05, 0) is 24.3 Å². The summed E-state index contributed by atoms with van der Waals surface area (Å²) in [6.07, 6.45) is 1.62. The maximum atomic E-state index is 12.0. The molecule has 4 heteroatoms. The minimum Gasteiger partial charge on any atom is -0.497 e. The second-order valence-electron chi connectivity index (χ2n) is 4.56. The molecule has 3 aromatic rings. The van der Waals surface area contributed by atoms with E-state index in [0.717, 1.165) is 22.6 Å². The Morgan fingerprint density at radius 1 is 0.952 bits per heavy atom. The molecule has 0 aliphatic rings. The molecule has 104 valence electrons. The van der Waals surface area contributed by atoms with Gasteiger partial charge in [-0.1, -0.05) is 30.3 Å². The van der Waals surface area contributed by atoms with Crippen LogP contribution < -0.4 is 10.3 Å². The summed E-state index contributed by atoms with van der Waals surface area (Å²) >= 11 is 0. The highest BCUT2D eigenvalue weighted by molar-refractivity contribution is 5.64. The molecule has 0 spiro atoms. The lowest BCUT2D eigenvalue weighted by Gasteiger charge is -2.05. The van der Waals surface area contributed by atoms with Crippen molar-refractivity contribution in [2.45, 2.75) is 0 Å². The van der Waals surface area contributed by atoms with Crippen LogP contribution in [-0.4, -0.2) is 17.1 Å². The fraction of sp³-hybridized carbons (Fsp3) is 0.0588. The molecule has 0 unspecified atom stereocenters. The highest BCUT2D eigenvalue weighted by atomic mass is 16.5. The molecule has 4 nitrogen and oxygen atoms in total. The zero-order valence-electron chi connectivity index (χ0n) is 11.5. The van der Waals surface area contributed by atoms with Crippen LogP contribution in [0.1, 0.15) is 0 Å². The van der Waals surface area contributed by atoms with E-state index in [1.807, 2.05) is 54.6 Å². The Bertz CT molecular complexity index is 793. The molecule has 0 saturated heterocycles. The third-order valence-electron chi connectivity index (χ3n) is 3.22. The van der Waals surface area contributed by atoms with Crippen molar-refractivity contribution in [3.63, 3.8) is 0 Å². The van der Waals surface area contributed by atoms with Gasteiger partial charge < -0.3 is 9.72 Å². The van der Waals surface area contributed by atoms with Crippen molar-refractivity contribution in [1.29, 1.82) is 0 Å². The summed E-state index contributed by atoms with van der Waals surface area (Å²) in [5.41, 5.74) is 2.66. The highest BCUT2D eigenvalue weighted by Gasteiger charge is 2.07. The molecule has 0 aliphatic heterocycles. The lowest BCUT2D eigenvalue weighted by atomic mass is 10.1. The van der Waals surface area contributed by atoms with Crippen LogP contribution in [0.2, 0.25) is 0 Å². The zero-order valence-corrected chi connectivity index (χ0v) is 11.5. The minimum absolute atomic E-state index is 0.196. The topological polar surface area (TPSA) is 55.0 Å². The average molecular weight is 278 g/mol. The van der Waals surface area contributed by atoms with Gasteiger partial charge in [0.25, 0.3) is 5.56 Å². The van der Waals surface area contributed by atoms with E-state index < -0.39 is 0 Å². The van der Waals surface area contributed by atoms with E-state index in [1.165, 1.54) is 0 Å². The van der Waals surface area contributed by atoms with Crippen molar-refractivity contribution in [3.05, 3.63) is 71.1 Å². The number of benzene rings is 2. The number of methoxy groups -OCH3 is 1. The first-order valence-electron chi connectivity index (χ1n) is 6.57. The van der Waals surface area contributed by atoms with Crippen molar-refractivity contribution >= 4 is 0 Å². The summed E-state index contributed by atoms with van der Waals surface area (Å²) in [5, 5.41) is 0. The van der Waals surface area contributed by atoms with Gasteiger partial charge in [0.05, 0.1) is 12.8 Å².